The van der Waals surface area contributed by atoms with Crippen LogP contribution in [-0.2, 0) is 9.59 Å². The summed E-state index contributed by atoms with van der Waals surface area (Å²) in [5.41, 5.74) is 0.561. The minimum Gasteiger partial charge on any atom is -0.481 e. The lowest BCUT2D eigenvalue weighted by atomic mass is 10.0. The third-order valence-electron chi connectivity index (χ3n) is 1.92. The lowest BCUT2D eigenvalue weighted by Gasteiger charge is -2.13. The molecular formula is C10H10FNO3. The Morgan fingerprint density at radius 3 is 2.53 bits per heavy atom. The van der Waals surface area contributed by atoms with Crippen LogP contribution in [0.25, 0.3) is 0 Å². The third-order valence-corrected chi connectivity index (χ3v) is 1.92. The van der Waals surface area contributed by atoms with Crippen LogP contribution in [0.2, 0.25) is 0 Å². The van der Waals surface area contributed by atoms with Crippen LogP contribution in [0.4, 0.5) is 4.39 Å². The molecule has 4 nitrogen and oxygen atoms in total. The molecule has 0 radical (unpaired) electrons. The van der Waals surface area contributed by atoms with Crippen LogP contribution in [-0.4, -0.2) is 17.5 Å². The summed E-state index contributed by atoms with van der Waals surface area (Å²) in [5, 5.41) is 11.0. The molecule has 0 saturated carbocycles. The maximum absolute atomic E-state index is 12.6. The zero-order valence-electron chi connectivity index (χ0n) is 7.81. The summed E-state index contributed by atoms with van der Waals surface area (Å²) < 4.78 is 12.6. The van der Waals surface area contributed by atoms with E-state index in [1.807, 2.05) is 0 Å². The molecule has 5 heteroatoms. The van der Waals surface area contributed by atoms with E-state index in [2.05, 4.69) is 5.32 Å². The van der Waals surface area contributed by atoms with E-state index < -0.39 is 17.8 Å². The predicted molar refractivity (Wildman–Crippen MR) is 50.6 cm³/mol. The highest BCUT2D eigenvalue weighted by Gasteiger charge is 2.14. The van der Waals surface area contributed by atoms with Crippen molar-refractivity contribution >= 4 is 12.4 Å². The van der Waals surface area contributed by atoms with Gasteiger partial charge in [-0.2, -0.15) is 0 Å². The van der Waals surface area contributed by atoms with Gasteiger partial charge in [0.05, 0.1) is 12.5 Å². The second-order valence-electron chi connectivity index (χ2n) is 2.99. The van der Waals surface area contributed by atoms with Gasteiger partial charge >= 0.3 is 5.97 Å². The van der Waals surface area contributed by atoms with E-state index in [4.69, 9.17) is 5.11 Å². The van der Waals surface area contributed by atoms with Gasteiger partial charge in [0.25, 0.3) is 0 Å². The number of carbonyl (C=O) groups excluding carboxylic acids is 1. The van der Waals surface area contributed by atoms with Gasteiger partial charge in [0.1, 0.15) is 5.82 Å². The molecule has 1 aromatic carbocycles. The number of hydrogen-bond acceptors (Lipinski definition) is 2. The molecule has 80 valence electrons. The van der Waals surface area contributed by atoms with E-state index in [1.54, 1.807) is 0 Å². The molecule has 0 aromatic heterocycles. The SMILES string of the molecule is O=CN[C@@H](CC(=O)O)c1ccc(F)cc1. The number of nitrogens with one attached hydrogen (secondary N) is 1. The lowest BCUT2D eigenvalue weighted by molar-refractivity contribution is -0.137. The monoisotopic (exact) mass is 211 g/mol. The number of carboxylic acids is 1. The summed E-state index contributed by atoms with van der Waals surface area (Å²) >= 11 is 0. The first-order valence-electron chi connectivity index (χ1n) is 4.30. The Morgan fingerprint density at radius 1 is 1.47 bits per heavy atom. The van der Waals surface area contributed by atoms with E-state index in [9.17, 15) is 14.0 Å². The number of aliphatic carboxylic acids is 1. The van der Waals surface area contributed by atoms with Gasteiger partial charge in [-0.3, -0.25) is 9.59 Å². The van der Waals surface area contributed by atoms with Crippen molar-refractivity contribution in [1.29, 1.82) is 0 Å². The third kappa shape index (κ3) is 3.38. The summed E-state index contributed by atoms with van der Waals surface area (Å²) in [6.45, 7) is 0. The molecule has 0 saturated heterocycles. The molecule has 1 amide bonds. The molecule has 1 rings (SSSR count). The smallest absolute Gasteiger partial charge is 0.305 e. The topological polar surface area (TPSA) is 66.4 Å². The van der Waals surface area contributed by atoms with Gasteiger partial charge in [-0.05, 0) is 17.7 Å². The number of amides is 1. The fourth-order valence-corrected chi connectivity index (χ4v) is 1.22. The van der Waals surface area contributed by atoms with E-state index in [0.717, 1.165) is 0 Å². The summed E-state index contributed by atoms with van der Waals surface area (Å²) in [6, 6.07) is 4.70. The molecule has 0 spiro atoms. The Kier molecular flexibility index (Phi) is 3.79. The van der Waals surface area contributed by atoms with Crippen LogP contribution >= 0.6 is 0 Å². The second-order valence-corrected chi connectivity index (χ2v) is 2.99. The average Bonchev–Trinajstić information content (AvgIpc) is 2.17. The molecular weight excluding hydrogens is 201 g/mol. The fraction of sp³-hybridized carbons (Fsp3) is 0.200. The zero-order chi connectivity index (χ0) is 11.3. The summed E-state index contributed by atoms with van der Waals surface area (Å²) in [4.78, 5) is 20.8. The first-order chi connectivity index (χ1) is 7.13. The number of hydrogen-bond donors (Lipinski definition) is 2. The van der Waals surface area contributed by atoms with Crippen LogP contribution in [0.3, 0.4) is 0 Å². The second kappa shape index (κ2) is 5.09. The van der Waals surface area contributed by atoms with Crippen LogP contribution < -0.4 is 5.32 Å². The fourth-order valence-electron chi connectivity index (χ4n) is 1.22. The molecule has 2 N–H and O–H groups in total. The van der Waals surface area contributed by atoms with Gasteiger partial charge in [0, 0.05) is 0 Å². The Hall–Kier alpha value is -1.91. The number of carboxylic acid groups (broad SMARTS) is 1. The Balaban J connectivity index is 2.83. The Morgan fingerprint density at radius 2 is 2.07 bits per heavy atom. The first-order valence-corrected chi connectivity index (χ1v) is 4.30. The summed E-state index contributed by atoms with van der Waals surface area (Å²) in [6.07, 6.45) is 0.196. The van der Waals surface area contributed by atoms with Crippen LogP contribution in [0.5, 0.6) is 0 Å². The van der Waals surface area contributed by atoms with Crippen molar-refractivity contribution < 1.29 is 19.1 Å². The van der Waals surface area contributed by atoms with E-state index >= 15 is 0 Å². The van der Waals surface area contributed by atoms with Crippen molar-refractivity contribution in [3.8, 4) is 0 Å². The average molecular weight is 211 g/mol. The number of carbonyl (C=O) groups is 2. The Labute approximate surface area is 85.7 Å². The largest absolute Gasteiger partial charge is 0.481 e. The number of benzene rings is 1. The summed E-state index contributed by atoms with van der Waals surface area (Å²) in [7, 11) is 0. The zero-order valence-corrected chi connectivity index (χ0v) is 7.81. The maximum Gasteiger partial charge on any atom is 0.305 e. The standard InChI is InChI=1S/C10H10FNO3/c11-8-3-1-7(2-4-8)9(12-6-13)5-10(14)15/h1-4,6,9H,5H2,(H,12,13)(H,14,15)/t9-/m0/s1. The van der Waals surface area contributed by atoms with E-state index in [-0.39, 0.29) is 6.42 Å². The normalized spacial score (nSPS) is 11.8. The van der Waals surface area contributed by atoms with Gasteiger partial charge in [-0.1, -0.05) is 12.1 Å². The van der Waals surface area contributed by atoms with Gasteiger partial charge < -0.3 is 10.4 Å². The van der Waals surface area contributed by atoms with Gasteiger partial charge in [0.2, 0.25) is 6.41 Å². The molecule has 0 fully saturated rings. The molecule has 0 aliphatic carbocycles. The van der Waals surface area contributed by atoms with Gasteiger partial charge in [-0.15, -0.1) is 0 Å². The summed E-state index contributed by atoms with van der Waals surface area (Å²) in [5.74, 6) is -1.43. The van der Waals surface area contributed by atoms with Gasteiger partial charge in [-0.25, -0.2) is 4.39 Å². The molecule has 15 heavy (non-hydrogen) atoms. The number of rotatable bonds is 5. The molecule has 1 atom stereocenters. The van der Waals surface area contributed by atoms with Crippen molar-refractivity contribution in [3.05, 3.63) is 35.6 Å². The highest BCUT2D eigenvalue weighted by molar-refractivity contribution is 5.68. The highest BCUT2D eigenvalue weighted by Crippen LogP contribution is 2.16. The van der Waals surface area contributed by atoms with Crippen molar-refractivity contribution in [2.75, 3.05) is 0 Å². The number of halogens is 1. The molecule has 0 aliphatic rings. The van der Waals surface area contributed by atoms with Crippen LogP contribution in [0.15, 0.2) is 24.3 Å². The highest BCUT2D eigenvalue weighted by atomic mass is 19.1. The minimum absolute atomic E-state index is 0.232. The molecule has 0 heterocycles. The maximum atomic E-state index is 12.6. The van der Waals surface area contributed by atoms with Crippen molar-refractivity contribution in [1.82, 2.24) is 5.32 Å². The van der Waals surface area contributed by atoms with Crippen molar-refractivity contribution in [2.45, 2.75) is 12.5 Å². The van der Waals surface area contributed by atoms with Crippen molar-refractivity contribution in [2.24, 2.45) is 0 Å². The van der Waals surface area contributed by atoms with E-state index in [1.165, 1.54) is 24.3 Å². The van der Waals surface area contributed by atoms with E-state index in [0.29, 0.717) is 12.0 Å². The quantitative estimate of drug-likeness (QED) is 0.716. The van der Waals surface area contributed by atoms with Crippen molar-refractivity contribution in [3.63, 3.8) is 0 Å². The molecule has 0 unspecified atom stereocenters. The van der Waals surface area contributed by atoms with Crippen LogP contribution in [0.1, 0.15) is 18.0 Å². The Bertz CT molecular complexity index is 350. The lowest BCUT2D eigenvalue weighted by Crippen LogP contribution is -2.22. The predicted octanol–water partition coefficient (Wildman–Crippen LogP) is 1.09. The van der Waals surface area contributed by atoms with Gasteiger partial charge in [0.15, 0.2) is 0 Å². The minimum atomic E-state index is -1.03. The van der Waals surface area contributed by atoms with Crippen LogP contribution in [0, 0.1) is 5.82 Å². The molecule has 1 aromatic rings. The molecule has 0 aliphatic heterocycles. The molecule has 0 bridgehead atoms. The first kappa shape index (κ1) is 11.2.